The summed E-state index contributed by atoms with van der Waals surface area (Å²) in [6.07, 6.45) is 3.89. The summed E-state index contributed by atoms with van der Waals surface area (Å²) in [5.74, 6) is 0.367. The number of hydrogen-bond donors (Lipinski definition) is 1. The van der Waals surface area contributed by atoms with Gasteiger partial charge in [-0.1, -0.05) is 30.3 Å². The number of rotatable bonds is 5. The highest BCUT2D eigenvalue weighted by Crippen LogP contribution is 2.38. The molecular formula is C20H29N3O2. The highest BCUT2D eigenvalue weighted by atomic mass is 16.2. The summed E-state index contributed by atoms with van der Waals surface area (Å²) in [7, 11) is 0. The first-order valence-corrected chi connectivity index (χ1v) is 9.41. The van der Waals surface area contributed by atoms with Crippen molar-refractivity contribution in [3.8, 4) is 0 Å². The molecule has 2 heterocycles. The molecule has 2 aliphatic rings. The maximum atomic E-state index is 12.3. The predicted octanol–water partition coefficient (Wildman–Crippen LogP) is 2.03. The largest absolute Gasteiger partial charge is 0.351 e. The molecule has 2 saturated heterocycles. The van der Waals surface area contributed by atoms with Crippen LogP contribution in [0.5, 0.6) is 0 Å². The number of likely N-dealkylation sites (tertiary alicyclic amines) is 2. The van der Waals surface area contributed by atoms with Crippen molar-refractivity contribution in [3.63, 3.8) is 0 Å². The van der Waals surface area contributed by atoms with Gasteiger partial charge in [0.2, 0.25) is 11.8 Å². The Bertz CT molecular complexity index is 604. The van der Waals surface area contributed by atoms with Crippen molar-refractivity contribution in [1.82, 2.24) is 15.1 Å². The van der Waals surface area contributed by atoms with Crippen LogP contribution >= 0.6 is 0 Å². The maximum Gasteiger partial charge on any atom is 0.234 e. The fraction of sp³-hybridized carbons (Fsp3) is 0.600. The van der Waals surface area contributed by atoms with Crippen molar-refractivity contribution < 1.29 is 9.59 Å². The molecule has 0 aromatic heterocycles. The van der Waals surface area contributed by atoms with Gasteiger partial charge < -0.3 is 10.2 Å². The molecule has 3 rings (SSSR count). The topological polar surface area (TPSA) is 52.6 Å². The van der Waals surface area contributed by atoms with Crippen molar-refractivity contribution in [1.29, 1.82) is 0 Å². The first-order chi connectivity index (χ1) is 12.1. The van der Waals surface area contributed by atoms with E-state index in [1.54, 1.807) is 0 Å². The zero-order valence-electron chi connectivity index (χ0n) is 15.2. The van der Waals surface area contributed by atoms with Crippen molar-refractivity contribution >= 4 is 11.8 Å². The molecule has 0 saturated carbocycles. The SMILES string of the molecule is CCN1CC2(CCCN(CC(=O)NCc3ccccc3)C2)CCC1=O. The zero-order valence-corrected chi connectivity index (χ0v) is 15.2. The molecule has 1 unspecified atom stereocenters. The Balaban J connectivity index is 1.51. The normalized spacial score (nSPS) is 24.5. The maximum absolute atomic E-state index is 12.3. The Hall–Kier alpha value is -1.88. The van der Waals surface area contributed by atoms with Gasteiger partial charge in [0.15, 0.2) is 0 Å². The third kappa shape index (κ3) is 4.60. The Kier molecular flexibility index (Phi) is 5.74. The summed E-state index contributed by atoms with van der Waals surface area (Å²) >= 11 is 0. The van der Waals surface area contributed by atoms with Crippen molar-refractivity contribution in [2.24, 2.45) is 5.41 Å². The second-order valence-corrected chi connectivity index (χ2v) is 7.48. The molecule has 0 radical (unpaired) electrons. The minimum Gasteiger partial charge on any atom is -0.351 e. The van der Waals surface area contributed by atoms with Crippen LogP contribution in [-0.2, 0) is 16.1 Å². The molecule has 0 bridgehead atoms. The highest BCUT2D eigenvalue weighted by molar-refractivity contribution is 5.78. The van der Waals surface area contributed by atoms with Gasteiger partial charge in [0.1, 0.15) is 0 Å². The van der Waals surface area contributed by atoms with Gasteiger partial charge in [-0.25, -0.2) is 0 Å². The number of amides is 2. The van der Waals surface area contributed by atoms with E-state index >= 15 is 0 Å². The number of hydrogen-bond acceptors (Lipinski definition) is 3. The molecule has 1 aromatic rings. The number of piperidine rings is 2. The second-order valence-electron chi connectivity index (χ2n) is 7.48. The van der Waals surface area contributed by atoms with E-state index in [1.165, 1.54) is 6.42 Å². The Morgan fingerprint density at radius 3 is 2.76 bits per heavy atom. The van der Waals surface area contributed by atoms with Crippen LogP contribution in [0.2, 0.25) is 0 Å². The van der Waals surface area contributed by atoms with Crippen LogP contribution in [0, 0.1) is 5.41 Å². The fourth-order valence-corrected chi connectivity index (χ4v) is 4.22. The fourth-order valence-electron chi connectivity index (χ4n) is 4.22. The van der Waals surface area contributed by atoms with Crippen LogP contribution in [0.15, 0.2) is 30.3 Å². The smallest absolute Gasteiger partial charge is 0.234 e. The summed E-state index contributed by atoms with van der Waals surface area (Å²) in [4.78, 5) is 28.5. The molecule has 1 aromatic carbocycles. The lowest BCUT2D eigenvalue weighted by atomic mass is 9.73. The summed E-state index contributed by atoms with van der Waals surface area (Å²) < 4.78 is 0. The Labute approximate surface area is 150 Å². The van der Waals surface area contributed by atoms with Crippen LogP contribution in [0.1, 0.15) is 38.2 Å². The van der Waals surface area contributed by atoms with Crippen LogP contribution in [0.25, 0.3) is 0 Å². The van der Waals surface area contributed by atoms with E-state index in [2.05, 4.69) is 17.1 Å². The van der Waals surface area contributed by atoms with E-state index in [4.69, 9.17) is 0 Å². The van der Waals surface area contributed by atoms with Gasteiger partial charge in [0.05, 0.1) is 6.54 Å². The quantitative estimate of drug-likeness (QED) is 0.890. The molecule has 5 nitrogen and oxygen atoms in total. The molecule has 2 amide bonds. The molecule has 25 heavy (non-hydrogen) atoms. The first-order valence-electron chi connectivity index (χ1n) is 9.41. The van der Waals surface area contributed by atoms with E-state index in [1.807, 2.05) is 35.2 Å². The van der Waals surface area contributed by atoms with Crippen LogP contribution < -0.4 is 5.32 Å². The average Bonchev–Trinajstić information content (AvgIpc) is 2.63. The van der Waals surface area contributed by atoms with Crippen molar-refractivity contribution in [2.45, 2.75) is 39.2 Å². The van der Waals surface area contributed by atoms with E-state index < -0.39 is 0 Å². The molecule has 5 heteroatoms. The third-order valence-corrected chi connectivity index (χ3v) is 5.57. The first kappa shape index (κ1) is 17.9. The standard InChI is InChI=1S/C20H29N3O2/c1-2-23-16-20(11-9-19(23)25)10-6-12-22(15-20)14-18(24)21-13-17-7-4-3-5-8-17/h3-5,7-8H,2,6,9-16H2,1H3,(H,21,24). The van der Waals surface area contributed by atoms with Gasteiger partial charge in [-0.3, -0.25) is 14.5 Å². The van der Waals surface area contributed by atoms with Crippen molar-refractivity contribution in [2.75, 3.05) is 32.7 Å². The lowest BCUT2D eigenvalue weighted by Gasteiger charge is -2.48. The highest BCUT2D eigenvalue weighted by Gasteiger charge is 2.41. The van der Waals surface area contributed by atoms with Gasteiger partial charge in [0.25, 0.3) is 0 Å². The van der Waals surface area contributed by atoms with E-state index in [0.29, 0.717) is 19.5 Å². The van der Waals surface area contributed by atoms with Crippen LogP contribution in [0.3, 0.4) is 0 Å². The van der Waals surface area contributed by atoms with Gasteiger partial charge in [-0.2, -0.15) is 0 Å². The summed E-state index contributed by atoms with van der Waals surface area (Å²) in [6.45, 7) is 6.62. The average molecular weight is 343 g/mol. The molecular weight excluding hydrogens is 314 g/mol. The van der Waals surface area contributed by atoms with Crippen LogP contribution in [0.4, 0.5) is 0 Å². The van der Waals surface area contributed by atoms with Crippen LogP contribution in [-0.4, -0.2) is 54.3 Å². The summed E-state index contributed by atoms with van der Waals surface area (Å²) in [6, 6.07) is 10.00. The van der Waals surface area contributed by atoms with Gasteiger partial charge in [-0.15, -0.1) is 0 Å². The monoisotopic (exact) mass is 343 g/mol. The zero-order chi connectivity index (χ0) is 17.7. The summed E-state index contributed by atoms with van der Waals surface area (Å²) in [5, 5.41) is 3.02. The molecule has 1 atom stereocenters. The van der Waals surface area contributed by atoms with Crippen molar-refractivity contribution in [3.05, 3.63) is 35.9 Å². The minimum atomic E-state index is 0.0835. The molecule has 0 aliphatic carbocycles. The summed E-state index contributed by atoms with van der Waals surface area (Å²) in [5.41, 5.74) is 1.30. The Morgan fingerprint density at radius 2 is 2.00 bits per heavy atom. The van der Waals surface area contributed by atoms with E-state index in [-0.39, 0.29) is 17.2 Å². The molecule has 136 valence electrons. The van der Waals surface area contributed by atoms with Gasteiger partial charge in [-0.05, 0) is 38.3 Å². The lowest BCUT2D eigenvalue weighted by molar-refractivity contribution is -0.139. The number of carbonyl (C=O) groups is 2. The second kappa shape index (κ2) is 8.00. The molecule has 1 N–H and O–H groups in total. The van der Waals surface area contributed by atoms with Gasteiger partial charge in [0, 0.05) is 38.0 Å². The number of nitrogens with one attached hydrogen (secondary N) is 1. The Morgan fingerprint density at radius 1 is 1.20 bits per heavy atom. The number of carbonyl (C=O) groups excluding carboxylic acids is 2. The third-order valence-electron chi connectivity index (χ3n) is 5.57. The van der Waals surface area contributed by atoms with E-state index in [9.17, 15) is 9.59 Å². The predicted molar refractivity (Wildman–Crippen MR) is 97.9 cm³/mol. The molecule has 1 spiro atoms. The molecule has 2 aliphatic heterocycles. The number of nitrogens with zero attached hydrogens (tertiary/aromatic N) is 2. The number of benzene rings is 1. The minimum absolute atomic E-state index is 0.0835. The molecule has 2 fully saturated rings. The van der Waals surface area contributed by atoms with Gasteiger partial charge >= 0.3 is 0 Å². The lowest BCUT2D eigenvalue weighted by Crippen LogP contribution is -2.55. The van der Waals surface area contributed by atoms with E-state index in [0.717, 1.165) is 44.6 Å².